The van der Waals surface area contributed by atoms with Gasteiger partial charge in [0.1, 0.15) is 5.60 Å². The van der Waals surface area contributed by atoms with Crippen LogP contribution in [0.15, 0.2) is 0 Å². The summed E-state index contributed by atoms with van der Waals surface area (Å²) in [5.41, 5.74) is 4.37. The first-order chi connectivity index (χ1) is 6.22. The van der Waals surface area contributed by atoms with Gasteiger partial charge in [-0.25, -0.2) is 13.6 Å². The third kappa shape index (κ3) is 6.59. The molecule has 0 saturated heterocycles. The molecule has 0 rings (SSSR count). The van der Waals surface area contributed by atoms with E-state index in [-0.39, 0.29) is 6.54 Å². The number of rotatable bonds is 3. The van der Waals surface area contributed by atoms with E-state index in [4.69, 9.17) is 10.5 Å². The fraction of sp³-hybridized carbons (Fsp3) is 0.875. The number of carbonyl (C=O) groups is 1. The zero-order valence-electron chi connectivity index (χ0n) is 8.51. The molecule has 84 valence electrons. The number of nitrogens with one attached hydrogen (secondary N) is 1. The summed E-state index contributed by atoms with van der Waals surface area (Å²) in [4.78, 5) is 11.0. The first-order valence-corrected chi connectivity index (χ1v) is 4.23. The lowest BCUT2D eigenvalue weighted by Gasteiger charge is -2.20. The third-order valence-electron chi connectivity index (χ3n) is 1.20. The van der Waals surface area contributed by atoms with Gasteiger partial charge in [-0.1, -0.05) is 0 Å². The number of ether oxygens (including phenoxy) is 1. The molecule has 0 aromatic rings. The highest BCUT2D eigenvalue weighted by atomic mass is 19.3. The summed E-state index contributed by atoms with van der Waals surface area (Å²) in [6, 6.07) is -1.36. The van der Waals surface area contributed by atoms with Crippen LogP contribution in [0, 0.1) is 0 Å². The number of hydrogen-bond acceptors (Lipinski definition) is 3. The third-order valence-corrected chi connectivity index (χ3v) is 1.20. The Morgan fingerprint density at radius 2 is 2.00 bits per heavy atom. The minimum atomic E-state index is -2.65. The maximum atomic E-state index is 11.9. The second-order valence-corrected chi connectivity index (χ2v) is 3.88. The Morgan fingerprint density at radius 1 is 1.50 bits per heavy atom. The highest BCUT2D eigenvalue weighted by Crippen LogP contribution is 2.06. The van der Waals surface area contributed by atoms with E-state index in [0.29, 0.717) is 0 Å². The molecule has 0 aliphatic rings. The van der Waals surface area contributed by atoms with Gasteiger partial charge in [0.2, 0.25) is 0 Å². The summed E-state index contributed by atoms with van der Waals surface area (Å²) in [7, 11) is 0. The van der Waals surface area contributed by atoms with Crippen LogP contribution in [-0.2, 0) is 4.74 Å². The van der Waals surface area contributed by atoms with Crippen molar-refractivity contribution in [3.8, 4) is 0 Å². The lowest BCUT2D eigenvalue weighted by molar-refractivity contribution is 0.0501. The van der Waals surface area contributed by atoms with Crippen LogP contribution in [-0.4, -0.2) is 30.7 Å². The second kappa shape index (κ2) is 5.09. The molecule has 0 saturated carbocycles. The Balaban J connectivity index is 3.75. The molecule has 1 unspecified atom stereocenters. The van der Waals surface area contributed by atoms with Gasteiger partial charge in [0, 0.05) is 6.54 Å². The molecule has 0 aromatic heterocycles. The summed E-state index contributed by atoms with van der Waals surface area (Å²) in [5, 5.41) is 2.15. The molecule has 1 amide bonds. The molecule has 0 aliphatic heterocycles. The number of carbonyl (C=O) groups excluding carboxylic acids is 1. The largest absolute Gasteiger partial charge is 0.444 e. The average Bonchev–Trinajstić information content (AvgIpc) is 1.96. The fourth-order valence-electron chi connectivity index (χ4n) is 0.604. The Morgan fingerprint density at radius 3 is 2.36 bits per heavy atom. The molecule has 14 heavy (non-hydrogen) atoms. The van der Waals surface area contributed by atoms with Crippen LogP contribution in [0.3, 0.4) is 0 Å². The number of amides is 1. The van der Waals surface area contributed by atoms with Crippen LogP contribution in [0.1, 0.15) is 20.8 Å². The minimum Gasteiger partial charge on any atom is -0.444 e. The number of alkyl halides is 2. The zero-order chi connectivity index (χ0) is 11.4. The molecule has 0 radical (unpaired) electrons. The first-order valence-electron chi connectivity index (χ1n) is 4.23. The van der Waals surface area contributed by atoms with Gasteiger partial charge in [-0.3, -0.25) is 0 Å². The SMILES string of the molecule is CC(C)(C)OC(=O)NCC(N)C(F)F. The zero-order valence-corrected chi connectivity index (χ0v) is 8.51. The van der Waals surface area contributed by atoms with Gasteiger partial charge in [0.15, 0.2) is 0 Å². The number of alkyl carbamates (subject to hydrolysis) is 1. The molecule has 0 spiro atoms. The van der Waals surface area contributed by atoms with Crippen molar-refractivity contribution in [3.63, 3.8) is 0 Å². The topological polar surface area (TPSA) is 64.3 Å². The Kier molecular flexibility index (Phi) is 4.76. The molecule has 0 aromatic carbocycles. The van der Waals surface area contributed by atoms with E-state index in [1.807, 2.05) is 0 Å². The van der Waals surface area contributed by atoms with E-state index < -0.39 is 24.2 Å². The summed E-state index contributed by atoms with van der Waals surface area (Å²) in [5.74, 6) is 0. The molecule has 0 heterocycles. The van der Waals surface area contributed by atoms with Crippen LogP contribution in [0.25, 0.3) is 0 Å². The van der Waals surface area contributed by atoms with Gasteiger partial charge in [0.25, 0.3) is 6.43 Å². The molecule has 6 heteroatoms. The maximum Gasteiger partial charge on any atom is 0.407 e. The summed E-state index contributed by atoms with van der Waals surface area (Å²) in [6.45, 7) is 4.74. The van der Waals surface area contributed by atoms with Crippen molar-refractivity contribution < 1.29 is 18.3 Å². The Hall–Kier alpha value is -0.910. The van der Waals surface area contributed by atoms with Crippen LogP contribution < -0.4 is 11.1 Å². The molecule has 0 aliphatic carbocycles. The normalized spacial score (nSPS) is 13.9. The summed E-state index contributed by atoms with van der Waals surface area (Å²) >= 11 is 0. The lowest BCUT2D eigenvalue weighted by Crippen LogP contribution is -2.43. The van der Waals surface area contributed by atoms with E-state index in [2.05, 4.69) is 5.32 Å². The molecular weight excluding hydrogens is 194 g/mol. The standard InChI is InChI=1S/C8H16F2N2O2/c1-8(2,3)14-7(13)12-4-5(11)6(9)10/h5-6H,4,11H2,1-3H3,(H,12,13). The van der Waals surface area contributed by atoms with Gasteiger partial charge in [-0.15, -0.1) is 0 Å². The van der Waals surface area contributed by atoms with Crippen LogP contribution >= 0.6 is 0 Å². The van der Waals surface area contributed by atoms with Gasteiger partial charge in [0.05, 0.1) is 6.04 Å². The first kappa shape index (κ1) is 13.1. The number of halogens is 2. The van der Waals surface area contributed by atoms with E-state index in [1.54, 1.807) is 20.8 Å². The fourth-order valence-corrected chi connectivity index (χ4v) is 0.604. The lowest BCUT2D eigenvalue weighted by atomic mass is 10.2. The quantitative estimate of drug-likeness (QED) is 0.733. The van der Waals surface area contributed by atoms with Crippen molar-refractivity contribution in [2.45, 2.75) is 38.8 Å². The Labute approximate surface area is 81.8 Å². The highest BCUT2D eigenvalue weighted by molar-refractivity contribution is 5.67. The van der Waals surface area contributed by atoms with Gasteiger partial charge < -0.3 is 15.8 Å². The summed E-state index contributed by atoms with van der Waals surface area (Å²) < 4.78 is 28.6. The van der Waals surface area contributed by atoms with Gasteiger partial charge in [-0.2, -0.15) is 0 Å². The average molecular weight is 210 g/mol. The van der Waals surface area contributed by atoms with Crippen LogP contribution in [0.4, 0.5) is 13.6 Å². The van der Waals surface area contributed by atoms with Crippen LogP contribution in [0.5, 0.6) is 0 Å². The molecule has 3 N–H and O–H groups in total. The predicted molar refractivity (Wildman–Crippen MR) is 48.2 cm³/mol. The predicted octanol–water partition coefficient (Wildman–Crippen LogP) is 1.10. The molecule has 0 fully saturated rings. The van der Waals surface area contributed by atoms with Gasteiger partial charge >= 0.3 is 6.09 Å². The molecule has 0 bridgehead atoms. The number of hydrogen-bond donors (Lipinski definition) is 2. The highest BCUT2D eigenvalue weighted by Gasteiger charge is 2.19. The smallest absolute Gasteiger partial charge is 0.407 e. The Bertz CT molecular complexity index is 192. The van der Waals surface area contributed by atoms with Crippen molar-refractivity contribution in [2.24, 2.45) is 5.73 Å². The molecule has 4 nitrogen and oxygen atoms in total. The molecule has 1 atom stereocenters. The van der Waals surface area contributed by atoms with Gasteiger partial charge in [-0.05, 0) is 20.8 Å². The van der Waals surface area contributed by atoms with Crippen molar-refractivity contribution in [3.05, 3.63) is 0 Å². The van der Waals surface area contributed by atoms with Crippen molar-refractivity contribution in [2.75, 3.05) is 6.54 Å². The van der Waals surface area contributed by atoms with Crippen LogP contribution in [0.2, 0.25) is 0 Å². The number of nitrogens with two attached hydrogens (primary N) is 1. The molecular formula is C8H16F2N2O2. The van der Waals surface area contributed by atoms with Crippen molar-refractivity contribution in [1.29, 1.82) is 0 Å². The monoisotopic (exact) mass is 210 g/mol. The summed E-state index contributed by atoms with van der Waals surface area (Å²) in [6.07, 6.45) is -3.39. The van der Waals surface area contributed by atoms with E-state index in [0.717, 1.165) is 0 Å². The maximum absolute atomic E-state index is 11.9. The van der Waals surface area contributed by atoms with E-state index in [9.17, 15) is 13.6 Å². The van der Waals surface area contributed by atoms with Crippen molar-refractivity contribution >= 4 is 6.09 Å². The van der Waals surface area contributed by atoms with E-state index >= 15 is 0 Å². The second-order valence-electron chi connectivity index (χ2n) is 3.88. The minimum absolute atomic E-state index is 0.299. The van der Waals surface area contributed by atoms with Crippen molar-refractivity contribution in [1.82, 2.24) is 5.32 Å². The van der Waals surface area contributed by atoms with E-state index in [1.165, 1.54) is 0 Å².